The number of hydrogen-bond acceptors (Lipinski definition) is 4. The molecule has 124 valence electrons. The number of nitrogens with one attached hydrogen (secondary N) is 1. The maximum Gasteiger partial charge on any atom is 0.323 e. The highest BCUT2D eigenvalue weighted by Gasteiger charge is 2.38. The summed E-state index contributed by atoms with van der Waals surface area (Å²) < 4.78 is 5.73. The van der Waals surface area contributed by atoms with Gasteiger partial charge in [0.25, 0.3) is 0 Å². The van der Waals surface area contributed by atoms with Gasteiger partial charge in [0.15, 0.2) is 0 Å². The molecule has 0 aromatic rings. The van der Waals surface area contributed by atoms with Crippen LogP contribution in [0.3, 0.4) is 0 Å². The molecule has 1 aliphatic heterocycles. The summed E-state index contributed by atoms with van der Waals surface area (Å²) in [5.74, 6) is -0.767. The molecule has 4 atom stereocenters. The van der Waals surface area contributed by atoms with E-state index in [9.17, 15) is 9.90 Å². The van der Waals surface area contributed by atoms with Crippen molar-refractivity contribution in [2.24, 2.45) is 0 Å². The third kappa shape index (κ3) is 4.94. The van der Waals surface area contributed by atoms with Crippen molar-refractivity contribution in [3.63, 3.8) is 0 Å². The fraction of sp³-hybridized carbons (Fsp3) is 0.938. The Balaban J connectivity index is 2.74. The van der Waals surface area contributed by atoms with Crippen LogP contribution in [0.4, 0.5) is 0 Å². The lowest BCUT2D eigenvalue weighted by molar-refractivity contribution is -0.145. The van der Waals surface area contributed by atoms with E-state index in [0.29, 0.717) is 12.5 Å². The third-order valence-electron chi connectivity index (χ3n) is 4.49. The number of carboxylic acids is 1. The van der Waals surface area contributed by atoms with E-state index in [0.717, 1.165) is 32.5 Å². The molecule has 0 radical (unpaired) electrons. The molecule has 21 heavy (non-hydrogen) atoms. The summed E-state index contributed by atoms with van der Waals surface area (Å²) in [4.78, 5) is 14.1. The van der Waals surface area contributed by atoms with Crippen LogP contribution in [0.1, 0.15) is 53.9 Å². The van der Waals surface area contributed by atoms with Crippen molar-refractivity contribution < 1.29 is 14.6 Å². The van der Waals surface area contributed by atoms with Crippen LogP contribution >= 0.6 is 0 Å². The van der Waals surface area contributed by atoms with E-state index < -0.39 is 11.5 Å². The zero-order valence-electron chi connectivity index (χ0n) is 14.2. The molecule has 0 aromatic heterocycles. The highest BCUT2D eigenvalue weighted by molar-refractivity contribution is 5.78. The van der Waals surface area contributed by atoms with E-state index in [4.69, 9.17) is 4.74 Å². The largest absolute Gasteiger partial charge is 0.480 e. The third-order valence-corrected chi connectivity index (χ3v) is 4.49. The van der Waals surface area contributed by atoms with Crippen molar-refractivity contribution in [2.75, 3.05) is 19.7 Å². The number of morpholine rings is 1. The van der Waals surface area contributed by atoms with Gasteiger partial charge in [0.1, 0.15) is 5.54 Å². The Labute approximate surface area is 129 Å². The number of nitrogens with zero attached hydrogens (tertiary/aromatic N) is 1. The van der Waals surface area contributed by atoms with Gasteiger partial charge in [0.05, 0.1) is 12.7 Å². The minimum Gasteiger partial charge on any atom is -0.480 e. The van der Waals surface area contributed by atoms with Crippen LogP contribution in [0.15, 0.2) is 0 Å². The predicted molar refractivity (Wildman–Crippen MR) is 84.6 cm³/mol. The normalized spacial score (nSPS) is 28.0. The number of hydrogen-bond donors (Lipinski definition) is 2. The van der Waals surface area contributed by atoms with Crippen LogP contribution in [0.2, 0.25) is 0 Å². The van der Waals surface area contributed by atoms with Gasteiger partial charge in [-0.3, -0.25) is 9.69 Å². The van der Waals surface area contributed by atoms with E-state index in [1.54, 1.807) is 6.92 Å². The monoisotopic (exact) mass is 300 g/mol. The lowest BCUT2D eigenvalue weighted by atomic mass is 9.91. The van der Waals surface area contributed by atoms with Gasteiger partial charge in [-0.05, 0) is 46.6 Å². The molecule has 1 heterocycles. The Bertz CT molecular complexity index is 337. The molecule has 1 saturated heterocycles. The highest BCUT2D eigenvalue weighted by atomic mass is 16.5. The molecule has 0 amide bonds. The van der Waals surface area contributed by atoms with Crippen molar-refractivity contribution in [3.8, 4) is 0 Å². The highest BCUT2D eigenvalue weighted by Crippen LogP contribution is 2.23. The van der Waals surface area contributed by atoms with Crippen LogP contribution in [0.5, 0.6) is 0 Å². The summed E-state index contributed by atoms with van der Waals surface area (Å²) in [6.45, 7) is 12.6. The van der Waals surface area contributed by atoms with Crippen molar-refractivity contribution in [2.45, 2.75) is 77.6 Å². The Morgan fingerprint density at radius 2 is 2.19 bits per heavy atom. The molecular weight excluding hydrogens is 268 g/mol. The maximum absolute atomic E-state index is 11.7. The van der Waals surface area contributed by atoms with Crippen LogP contribution in [-0.4, -0.2) is 59.4 Å². The van der Waals surface area contributed by atoms with Gasteiger partial charge in [0, 0.05) is 18.6 Å². The van der Waals surface area contributed by atoms with E-state index in [1.807, 2.05) is 0 Å². The predicted octanol–water partition coefficient (Wildman–Crippen LogP) is 2.11. The van der Waals surface area contributed by atoms with Gasteiger partial charge < -0.3 is 15.2 Å². The summed E-state index contributed by atoms with van der Waals surface area (Å²) in [6.07, 6.45) is 2.79. The number of aliphatic carboxylic acids is 1. The SMILES string of the molecule is CCCNC(C)(CC(C)N1CC(C)OCC1CC)C(=O)O. The lowest BCUT2D eigenvalue weighted by Gasteiger charge is -2.44. The van der Waals surface area contributed by atoms with Gasteiger partial charge in [-0.15, -0.1) is 0 Å². The average Bonchev–Trinajstić information content (AvgIpc) is 2.44. The molecule has 0 aromatic carbocycles. The van der Waals surface area contributed by atoms with E-state index in [1.165, 1.54) is 0 Å². The molecule has 0 saturated carbocycles. The first-order valence-electron chi connectivity index (χ1n) is 8.19. The molecule has 1 fully saturated rings. The summed E-state index contributed by atoms with van der Waals surface area (Å²) >= 11 is 0. The number of rotatable bonds is 8. The lowest BCUT2D eigenvalue weighted by Crippen LogP contribution is -2.58. The molecule has 0 aliphatic carbocycles. The zero-order valence-corrected chi connectivity index (χ0v) is 14.2. The van der Waals surface area contributed by atoms with Gasteiger partial charge in [0.2, 0.25) is 0 Å². The second kappa shape index (κ2) is 8.11. The minimum absolute atomic E-state index is 0.215. The standard InChI is InChI=1S/C16H32N2O3/c1-6-8-17-16(5,15(19)20)9-12(3)18-10-13(4)21-11-14(18)7-2/h12-14,17H,6-11H2,1-5H3,(H,19,20). The zero-order chi connectivity index (χ0) is 16.0. The molecule has 5 heteroatoms. The minimum atomic E-state index is -0.866. The summed E-state index contributed by atoms with van der Waals surface area (Å²) in [7, 11) is 0. The van der Waals surface area contributed by atoms with E-state index in [2.05, 4.69) is 37.9 Å². The summed E-state index contributed by atoms with van der Waals surface area (Å²) in [6, 6.07) is 0.604. The Morgan fingerprint density at radius 1 is 1.52 bits per heavy atom. The molecule has 1 aliphatic rings. The Hall–Kier alpha value is -0.650. The van der Waals surface area contributed by atoms with Crippen molar-refractivity contribution in [1.29, 1.82) is 0 Å². The van der Waals surface area contributed by atoms with E-state index in [-0.39, 0.29) is 12.1 Å². The number of ether oxygens (including phenoxy) is 1. The van der Waals surface area contributed by atoms with Crippen LogP contribution < -0.4 is 5.32 Å². The molecule has 0 bridgehead atoms. The first kappa shape index (κ1) is 18.4. The molecule has 1 rings (SSSR count). The Morgan fingerprint density at radius 3 is 2.71 bits per heavy atom. The second-order valence-electron chi connectivity index (χ2n) is 6.52. The van der Waals surface area contributed by atoms with Gasteiger partial charge >= 0.3 is 5.97 Å². The smallest absolute Gasteiger partial charge is 0.323 e. The van der Waals surface area contributed by atoms with Gasteiger partial charge in [-0.2, -0.15) is 0 Å². The van der Waals surface area contributed by atoms with Gasteiger partial charge in [-0.25, -0.2) is 0 Å². The van der Waals surface area contributed by atoms with Crippen molar-refractivity contribution in [1.82, 2.24) is 10.2 Å². The fourth-order valence-electron chi connectivity index (χ4n) is 3.11. The number of carbonyl (C=O) groups is 1. The molecule has 2 N–H and O–H groups in total. The van der Waals surface area contributed by atoms with Crippen LogP contribution in [0.25, 0.3) is 0 Å². The summed E-state index contributed by atoms with van der Waals surface area (Å²) in [5.41, 5.74) is -0.866. The maximum atomic E-state index is 11.7. The first-order chi connectivity index (χ1) is 9.84. The van der Waals surface area contributed by atoms with Crippen molar-refractivity contribution >= 4 is 5.97 Å². The summed E-state index contributed by atoms with van der Waals surface area (Å²) in [5, 5.41) is 12.8. The average molecular weight is 300 g/mol. The topological polar surface area (TPSA) is 61.8 Å². The van der Waals surface area contributed by atoms with Gasteiger partial charge in [-0.1, -0.05) is 13.8 Å². The van der Waals surface area contributed by atoms with Crippen molar-refractivity contribution in [3.05, 3.63) is 0 Å². The molecule has 0 spiro atoms. The second-order valence-corrected chi connectivity index (χ2v) is 6.52. The van der Waals surface area contributed by atoms with E-state index >= 15 is 0 Å². The molecular formula is C16H32N2O3. The quantitative estimate of drug-likeness (QED) is 0.719. The molecule has 4 unspecified atom stereocenters. The first-order valence-corrected chi connectivity index (χ1v) is 8.19. The van der Waals surface area contributed by atoms with Crippen LogP contribution in [-0.2, 0) is 9.53 Å². The number of carboxylic acid groups (broad SMARTS) is 1. The Kier molecular flexibility index (Phi) is 7.10. The van der Waals surface area contributed by atoms with Crippen LogP contribution in [0, 0.1) is 0 Å². The molecule has 5 nitrogen and oxygen atoms in total. The fourth-order valence-corrected chi connectivity index (χ4v) is 3.11.